The molecule has 9 nitrogen and oxygen atoms in total. The maximum absolute atomic E-state index is 14.2. The second kappa shape index (κ2) is 14.2. The van der Waals surface area contributed by atoms with Crippen molar-refractivity contribution in [1.82, 2.24) is 10.2 Å². The van der Waals surface area contributed by atoms with Gasteiger partial charge in [-0.2, -0.15) is 0 Å². The Morgan fingerprint density at radius 3 is 1.95 bits per heavy atom. The van der Waals surface area contributed by atoms with Crippen LogP contribution in [0, 0.1) is 13.8 Å². The molecular weight excluding hydrogens is 554 g/mol. The van der Waals surface area contributed by atoms with Crippen LogP contribution in [0.25, 0.3) is 0 Å². The van der Waals surface area contributed by atoms with E-state index in [2.05, 4.69) is 5.32 Å². The van der Waals surface area contributed by atoms with Gasteiger partial charge in [-0.1, -0.05) is 54.4 Å². The molecule has 0 aromatic heterocycles. The highest BCUT2D eigenvalue weighted by Gasteiger charge is 2.34. The summed E-state index contributed by atoms with van der Waals surface area (Å²) in [5, 5.41) is 2.90. The zero-order valence-corrected chi connectivity index (χ0v) is 26.2. The maximum Gasteiger partial charge on any atom is 0.264 e. The molecule has 0 fully saturated rings. The zero-order chi connectivity index (χ0) is 31.0. The molecule has 2 amide bonds. The molecule has 0 radical (unpaired) electrons. The third-order valence-electron chi connectivity index (χ3n) is 6.83. The van der Waals surface area contributed by atoms with Gasteiger partial charge < -0.3 is 19.7 Å². The Kier molecular flexibility index (Phi) is 11.0. The number of hydrogen-bond donors (Lipinski definition) is 1. The van der Waals surface area contributed by atoms with Crippen molar-refractivity contribution in [2.24, 2.45) is 0 Å². The van der Waals surface area contributed by atoms with E-state index in [1.807, 2.05) is 58.9 Å². The molecular formula is C32H41N3O6S. The van der Waals surface area contributed by atoms with Crippen LogP contribution in [-0.2, 0) is 26.2 Å². The number of amides is 2. The van der Waals surface area contributed by atoms with Crippen molar-refractivity contribution in [3.05, 3.63) is 83.4 Å². The monoisotopic (exact) mass is 595 g/mol. The lowest BCUT2D eigenvalue weighted by molar-refractivity contribution is -0.140. The van der Waals surface area contributed by atoms with E-state index in [1.54, 1.807) is 24.3 Å². The average Bonchev–Trinajstić information content (AvgIpc) is 2.96. The average molecular weight is 596 g/mol. The highest BCUT2D eigenvalue weighted by molar-refractivity contribution is 7.92. The van der Waals surface area contributed by atoms with Crippen molar-refractivity contribution >= 4 is 27.5 Å². The van der Waals surface area contributed by atoms with Crippen molar-refractivity contribution in [1.29, 1.82) is 0 Å². The molecule has 42 heavy (non-hydrogen) atoms. The van der Waals surface area contributed by atoms with Gasteiger partial charge in [0, 0.05) is 18.7 Å². The number of ether oxygens (including phenoxy) is 2. The van der Waals surface area contributed by atoms with Crippen LogP contribution in [0.2, 0.25) is 0 Å². The quantitative estimate of drug-likeness (QED) is 0.303. The van der Waals surface area contributed by atoms with Crippen molar-refractivity contribution in [2.45, 2.75) is 64.6 Å². The molecule has 3 aromatic carbocycles. The molecule has 0 bridgehead atoms. The van der Waals surface area contributed by atoms with Gasteiger partial charge in [0.05, 0.1) is 24.8 Å². The Balaban J connectivity index is 2.09. The number of nitrogens with zero attached hydrogens (tertiary/aromatic N) is 2. The first-order chi connectivity index (χ1) is 19.9. The van der Waals surface area contributed by atoms with E-state index in [9.17, 15) is 18.0 Å². The van der Waals surface area contributed by atoms with Crippen molar-refractivity contribution in [3.8, 4) is 11.5 Å². The third kappa shape index (κ3) is 7.82. The highest BCUT2D eigenvalue weighted by atomic mass is 32.2. The first-order valence-corrected chi connectivity index (χ1v) is 15.3. The van der Waals surface area contributed by atoms with Gasteiger partial charge in [0.15, 0.2) is 11.5 Å². The number of nitrogens with one attached hydrogen (secondary N) is 1. The Bertz CT molecular complexity index is 1470. The summed E-state index contributed by atoms with van der Waals surface area (Å²) in [5.41, 5.74) is 3.15. The lowest BCUT2D eigenvalue weighted by Gasteiger charge is -2.33. The van der Waals surface area contributed by atoms with Gasteiger partial charge >= 0.3 is 0 Å². The SMILES string of the molecule is CC[C@H](C(=O)NC(C)C)N(Cc1ccc(C)cc1)C(=O)CN(c1ccc(C)cc1)S(=O)(=O)c1ccc(OC)c(OC)c1. The fourth-order valence-electron chi connectivity index (χ4n) is 4.53. The topological polar surface area (TPSA) is 105 Å². The summed E-state index contributed by atoms with van der Waals surface area (Å²) < 4.78 is 40.0. The maximum atomic E-state index is 14.2. The lowest BCUT2D eigenvalue weighted by Crippen LogP contribution is -2.53. The van der Waals surface area contributed by atoms with E-state index in [-0.39, 0.29) is 29.1 Å². The minimum absolute atomic E-state index is 0.0665. The number of rotatable bonds is 13. The summed E-state index contributed by atoms with van der Waals surface area (Å²) in [6.07, 6.45) is 0.350. The first kappa shape index (κ1) is 32.5. The van der Waals surface area contributed by atoms with Crippen LogP contribution in [0.1, 0.15) is 43.9 Å². The van der Waals surface area contributed by atoms with Gasteiger partial charge in [-0.25, -0.2) is 8.42 Å². The number of methoxy groups -OCH3 is 2. The standard InChI is InChI=1S/C32H41N3O6S/c1-8-28(32(37)33-22(2)3)34(20-25-13-9-23(4)10-14-25)31(36)21-35(26-15-11-24(5)12-16-26)42(38,39)27-17-18-29(40-6)30(19-27)41-7/h9-19,22,28H,8,20-21H2,1-7H3,(H,33,37)/t28-/m1/s1. The molecule has 0 aliphatic rings. The van der Waals surface area contributed by atoms with Crippen LogP contribution in [-0.4, -0.2) is 58.0 Å². The second-order valence-corrected chi connectivity index (χ2v) is 12.3. The molecule has 3 rings (SSSR count). The van der Waals surface area contributed by atoms with E-state index in [1.165, 1.54) is 37.3 Å². The molecule has 1 N–H and O–H groups in total. The molecule has 0 saturated heterocycles. The lowest BCUT2D eigenvalue weighted by atomic mass is 10.1. The Morgan fingerprint density at radius 2 is 1.43 bits per heavy atom. The molecule has 0 unspecified atom stereocenters. The zero-order valence-electron chi connectivity index (χ0n) is 25.4. The van der Waals surface area contributed by atoms with Crippen LogP contribution >= 0.6 is 0 Å². The molecule has 0 aliphatic heterocycles. The molecule has 226 valence electrons. The van der Waals surface area contributed by atoms with Crippen molar-refractivity contribution < 1.29 is 27.5 Å². The molecule has 10 heteroatoms. The van der Waals surface area contributed by atoms with E-state index < -0.39 is 28.5 Å². The molecule has 0 spiro atoms. The number of sulfonamides is 1. The predicted octanol–water partition coefficient (Wildman–Crippen LogP) is 4.85. The second-order valence-electron chi connectivity index (χ2n) is 10.5. The summed E-state index contributed by atoms with van der Waals surface area (Å²) in [4.78, 5) is 28.8. The van der Waals surface area contributed by atoms with Crippen LogP contribution in [0.15, 0.2) is 71.6 Å². The molecule has 0 aliphatic carbocycles. The van der Waals surface area contributed by atoms with Gasteiger partial charge in [0.1, 0.15) is 12.6 Å². The number of carbonyl (C=O) groups excluding carboxylic acids is 2. The molecule has 1 atom stereocenters. The van der Waals surface area contributed by atoms with Gasteiger partial charge in [0.2, 0.25) is 11.8 Å². The molecule has 0 saturated carbocycles. The fraction of sp³-hybridized carbons (Fsp3) is 0.375. The minimum atomic E-state index is -4.25. The Hall–Kier alpha value is -4.05. The van der Waals surface area contributed by atoms with Gasteiger partial charge in [-0.15, -0.1) is 0 Å². The number of aryl methyl sites for hydroxylation is 2. The highest BCUT2D eigenvalue weighted by Crippen LogP contribution is 2.32. The minimum Gasteiger partial charge on any atom is -0.493 e. The normalized spacial score (nSPS) is 12.0. The third-order valence-corrected chi connectivity index (χ3v) is 8.60. The van der Waals surface area contributed by atoms with E-state index in [4.69, 9.17) is 9.47 Å². The number of carbonyl (C=O) groups is 2. The van der Waals surface area contributed by atoms with E-state index >= 15 is 0 Å². The van der Waals surface area contributed by atoms with Crippen LogP contribution in [0.4, 0.5) is 5.69 Å². The van der Waals surface area contributed by atoms with Crippen LogP contribution in [0.3, 0.4) is 0 Å². The molecule has 3 aromatic rings. The van der Waals surface area contributed by atoms with Crippen LogP contribution < -0.4 is 19.1 Å². The summed E-state index contributed by atoms with van der Waals surface area (Å²) in [5.74, 6) is -0.185. The van der Waals surface area contributed by atoms with Gasteiger partial charge in [-0.05, 0) is 63.9 Å². The Morgan fingerprint density at radius 1 is 0.857 bits per heavy atom. The van der Waals surface area contributed by atoms with Gasteiger partial charge in [0.25, 0.3) is 10.0 Å². The number of anilines is 1. The molecule has 0 heterocycles. The summed E-state index contributed by atoms with van der Waals surface area (Å²) in [6.45, 7) is 9.02. The van der Waals surface area contributed by atoms with Crippen LogP contribution in [0.5, 0.6) is 11.5 Å². The summed E-state index contributed by atoms with van der Waals surface area (Å²) in [6, 6.07) is 17.9. The largest absolute Gasteiger partial charge is 0.493 e. The number of hydrogen-bond acceptors (Lipinski definition) is 6. The number of benzene rings is 3. The predicted molar refractivity (Wildman–Crippen MR) is 164 cm³/mol. The summed E-state index contributed by atoms with van der Waals surface area (Å²) in [7, 11) is -1.37. The first-order valence-electron chi connectivity index (χ1n) is 13.9. The Labute approximate surface area is 249 Å². The van der Waals surface area contributed by atoms with E-state index in [0.717, 1.165) is 21.0 Å². The van der Waals surface area contributed by atoms with Gasteiger partial charge in [-0.3, -0.25) is 13.9 Å². The van der Waals surface area contributed by atoms with Crippen molar-refractivity contribution in [3.63, 3.8) is 0 Å². The van der Waals surface area contributed by atoms with E-state index in [0.29, 0.717) is 17.9 Å². The van der Waals surface area contributed by atoms with Crippen molar-refractivity contribution in [2.75, 3.05) is 25.1 Å². The fourth-order valence-corrected chi connectivity index (χ4v) is 5.96. The smallest absolute Gasteiger partial charge is 0.264 e. The summed E-state index contributed by atoms with van der Waals surface area (Å²) >= 11 is 0.